The molecule has 0 aliphatic carbocycles. The van der Waals surface area contributed by atoms with Crippen LogP contribution in [0.1, 0.15) is 6.92 Å². The Morgan fingerprint density at radius 2 is 2.47 bits per heavy atom. The highest BCUT2D eigenvalue weighted by molar-refractivity contribution is 8.02. The van der Waals surface area contributed by atoms with Crippen LogP contribution in [-0.2, 0) is 19.2 Å². The largest absolute Gasteiger partial charge is 0.461 e. The number of esters is 1. The van der Waals surface area contributed by atoms with E-state index in [1.54, 1.807) is 12.3 Å². The Labute approximate surface area is 104 Å². The summed E-state index contributed by atoms with van der Waals surface area (Å²) in [6.07, 6.45) is 0.663. The lowest BCUT2D eigenvalue weighted by Gasteiger charge is -2.23. The Balaban J connectivity index is 2.97. The fourth-order valence-corrected chi connectivity index (χ4v) is 2.08. The molecule has 0 bridgehead atoms. The molecule has 7 heteroatoms. The molecule has 0 aromatic carbocycles. The van der Waals surface area contributed by atoms with Crippen LogP contribution in [0.3, 0.4) is 0 Å². The van der Waals surface area contributed by atoms with Crippen LogP contribution in [-0.4, -0.2) is 49.0 Å². The molecule has 1 rings (SSSR count). The first kappa shape index (κ1) is 13.6. The van der Waals surface area contributed by atoms with Gasteiger partial charge in [-0.25, -0.2) is 4.79 Å². The second-order valence-electron chi connectivity index (χ2n) is 3.02. The number of rotatable bonds is 5. The highest BCUT2D eigenvalue weighted by Gasteiger charge is 2.25. The molecule has 0 aromatic heterocycles. The van der Waals surface area contributed by atoms with E-state index in [1.807, 2.05) is 0 Å². The molecule has 94 valence electrons. The van der Waals surface area contributed by atoms with Crippen LogP contribution < -0.4 is 0 Å². The van der Waals surface area contributed by atoms with Gasteiger partial charge in [0, 0.05) is 12.3 Å². The maximum atomic E-state index is 11.7. The predicted octanol–water partition coefficient (Wildman–Crippen LogP) is 0.599. The second-order valence-corrected chi connectivity index (χ2v) is 3.99. The molecule has 0 unspecified atom stereocenters. The van der Waals surface area contributed by atoms with Crippen molar-refractivity contribution in [1.82, 2.24) is 4.90 Å². The molecule has 1 aliphatic heterocycles. The lowest BCUT2D eigenvalue weighted by Crippen LogP contribution is -2.34. The van der Waals surface area contributed by atoms with Crippen molar-refractivity contribution in [3.05, 3.63) is 11.1 Å². The van der Waals surface area contributed by atoms with E-state index in [2.05, 4.69) is 9.99 Å². The van der Waals surface area contributed by atoms with Crippen molar-refractivity contribution in [3.8, 4) is 0 Å². The van der Waals surface area contributed by atoms with Gasteiger partial charge in [-0.2, -0.15) is 0 Å². The predicted molar refractivity (Wildman–Crippen MR) is 64.4 cm³/mol. The second kappa shape index (κ2) is 6.95. The van der Waals surface area contributed by atoms with Crippen molar-refractivity contribution in [2.24, 2.45) is 5.16 Å². The van der Waals surface area contributed by atoms with Gasteiger partial charge in [0.15, 0.2) is 0 Å². The van der Waals surface area contributed by atoms with Crippen molar-refractivity contribution in [2.45, 2.75) is 6.92 Å². The highest BCUT2D eigenvalue weighted by Crippen LogP contribution is 2.19. The molecule has 17 heavy (non-hydrogen) atoms. The number of ether oxygens (including phenoxy) is 1. The lowest BCUT2D eigenvalue weighted by molar-refractivity contribution is -0.135. The summed E-state index contributed by atoms with van der Waals surface area (Å²) in [5.74, 6) is 0.181. The summed E-state index contributed by atoms with van der Waals surface area (Å²) in [5.41, 5.74) is 0.421. The highest BCUT2D eigenvalue weighted by atomic mass is 32.2. The van der Waals surface area contributed by atoms with Gasteiger partial charge in [0.25, 0.3) is 0 Å². The maximum Gasteiger partial charge on any atom is 0.362 e. The third-order valence-electron chi connectivity index (χ3n) is 1.98. The van der Waals surface area contributed by atoms with E-state index >= 15 is 0 Å². The maximum absolute atomic E-state index is 11.7. The number of amides is 1. The first-order chi connectivity index (χ1) is 8.24. The zero-order chi connectivity index (χ0) is 12.7. The Hall–Kier alpha value is -1.50. The Bertz CT molecular complexity index is 354. The van der Waals surface area contributed by atoms with E-state index in [-0.39, 0.29) is 12.3 Å². The van der Waals surface area contributed by atoms with E-state index in [0.29, 0.717) is 18.7 Å². The summed E-state index contributed by atoms with van der Waals surface area (Å²) in [6.45, 7) is 2.47. The van der Waals surface area contributed by atoms with Crippen LogP contribution >= 0.6 is 11.8 Å². The Morgan fingerprint density at radius 3 is 3.06 bits per heavy atom. The molecular weight excluding hydrogens is 244 g/mol. The molecule has 0 saturated carbocycles. The number of nitrogens with zero attached hydrogens (tertiary/aromatic N) is 2. The van der Waals surface area contributed by atoms with E-state index in [0.717, 1.165) is 5.75 Å². The van der Waals surface area contributed by atoms with Gasteiger partial charge in [-0.3, -0.25) is 4.79 Å². The number of hydrogen-bond donors (Lipinski definition) is 0. The molecular formula is C10H14N2O4S. The van der Waals surface area contributed by atoms with Crippen LogP contribution in [0.4, 0.5) is 0 Å². The van der Waals surface area contributed by atoms with E-state index in [1.165, 1.54) is 23.8 Å². The van der Waals surface area contributed by atoms with Gasteiger partial charge in [-0.15, -0.1) is 11.8 Å². The molecule has 0 N–H and O–H groups in total. The molecule has 1 amide bonds. The quantitative estimate of drug-likeness (QED) is 0.312. The van der Waals surface area contributed by atoms with Gasteiger partial charge in [-0.05, 0) is 12.3 Å². The summed E-state index contributed by atoms with van der Waals surface area (Å²) < 4.78 is 4.86. The lowest BCUT2D eigenvalue weighted by atomic mass is 10.2. The molecule has 1 aliphatic rings. The molecule has 0 fully saturated rings. The van der Waals surface area contributed by atoms with Gasteiger partial charge in [0.2, 0.25) is 12.1 Å². The molecule has 6 nitrogen and oxygen atoms in total. The van der Waals surface area contributed by atoms with Crippen molar-refractivity contribution in [3.63, 3.8) is 0 Å². The van der Waals surface area contributed by atoms with Crippen molar-refractivity contribution in [1.29, 1.82) is 0 Å². The third kappa shape index (κ3) is 3.48. The smallest absolute Gasteiger partial charge is 0.362 e. The van der Waals surface area contributed by atoms with Gasteiger partial charge >= 0.3 is 5.97 Å². The summed E-state index contributed by atoms with van der Waals surface area (Å²) >= 11 is 1.51. The minimum Gasteiger partial charge on any atom is -0.461 e. The molecule has 0 aromatic rings. The van der Waals surface area contributed by atoms with Gasteiger partial charge in [-0.1, -0.05) is 5.16 Å². The number of carbonyl (C=O) groups excluding carboxylic acids is 2. The molecule has 0 saturated heterocycles. The average molecular weight is 258 g/mol. The average Bonchev–Trinajstić information content (AvgIpc) is 2.36. The van der Waals surface area contributed by atoms with Gasteiger partial charge in [0.05, 0.1) is 12.3 Å². The normalized spacial score (nSPS) is 16.2. The van der Waals surface area contributed by atoms with Crippen LogP contribution in [0.15, 0.2) is 16.3 Å². The molecule has 0 radical (unpaired) electrons. The minimum absolute atomic E-state index is 0.00801. The van der Waals surface area contributed by atoms with Crippen molar-refractivity contribution < 1.29 is 19.2 Å². The van der Waals surface area contributed by atoms with Crippen LogP contribution in [0.2, 0.25) is 0 Å². The molecule has 0 atom stereocenters. The molecule has 1 heterocycles. The third-order valence-corrected chi connectivity index (χ3v) is 2.78. The van der Waals surface area contributed by atoms with E-state index in [9.17, 15) is 9.59 Å². The zero-order valence-corrected chi connectivity index (χ0v) is 10.5. The number of hydrogen-bond acceptors (Lipinski definition) is 6. The summed E-state index contributed by atoms with van der Waals surface area (Å²) in [5, 5.41) is 5.33. The minimum atomic E-state index is -0.602. The van der Waals surface area contributed by atoms with E-state index in [4.69, 9.17) is 4.74 Å². The first-order valence-electron chi connectivity index (χ1n) is 5.07. The fourth-order valence-electron chi connectivity index (χ4n) is 1.26. The fraction of sp³-hybridized carbons (Fsp3) is 0.500. The van der Waals surface area contributed by atoms with Crippen molar-refractivity contribution >= 4 is 29.9 Å². The summed E-state index contributed by atoms with van der Waals surface area (Å²) in [7, 11) is 1.33. The van der Waals surface area contributed by atoms with Crippen molar-refractivity contribution in [2.75, 3.05) is 26.0 Å². The topological polar surface area (TPSA) is 68.2 Å². The Morgan fingerprint density at radius 1 is 1.71 bits per heavy atom. The molecule has 0 spiro atoms. The standard InChI is InChI=1S/C10H14N2O4S/c1-3-16-10(14)9(11-15-2)8-6-17-5-4-12(8)7-13/h6-7H,3-5H2,1-2H3. The zero-order valence-electron chi connectivity index (χ0n) is 9.71. The summed E-state index contributed by atoms with van der Waals surface area (Å²) in [4.78, 5) is 28.6. The van der Waals surface area contributed by atoms with Crippen LogP contribution in [0.25, 0.3) is 0 Å². The van der Waals surface area contributed by atoms with Gasteiger partial charge < -0.3 is 14.5 Å². The van der Waals surface area contributed by atoms with Gasteiger partial charge in [0.1, 0.15) is 7.11 Å². The van der Waals surface area contributed by atoms with E-state index < -0.39 is 5.97 Å². The SMILES string of the molecule is CCOC(=O)C(=NOC)C1=CSCCN1C=O. The van der Waals surface area contributed by atoms with Crippen LogP contribution in [0.5, 0.6) is 0 Å². The number of carbonyl (C=O) groups is 2. The number of thioether (sulfide) groups is 1. The monoisotopic (exact) mass is 258 g/mol. The Kier molecular flexibility index (Phi) is 5.55. The first-order valence-corrected chi connectivity index (χ1v) is 6.11. The summed E-state index contributed by atoms with van der Waals surface area (Å²) in [6, 6.07) is 0. The number of oxime groups is 1. The van der Waals surface area contributed by atoms with Crippen LogP contribution in [0, 0.1) is 0 Å².